The molecule has 112 valence electrons. The van der Waals surface area contributed by atoms with Gasteiger partial charge in [0.2, 0.25) is 0 Å². The lowest BCUT2D eigenvalue weighted by atomic mass is 9.91. The van der Waals surface area contributed by atoms with Gasteiger partial charge in [-0.2, -0.15) is 0 Å². The van der Waals surface area contributed by atoms with Gasteiger partial charge in [0.15, 0.2) is 9.84 Å². The number of rotatable bonds is 4. The van der Waals surface area contributed by atoms with E-state index in [4.69, 9.17) is 5.73 Å². The van der Waals surface area contributed by atoms with Crippen molar-refractivity contribution in [1.29, 1.82) is 0 Å². The van der Waals surface area contributed by atoms with Gasteiger partial charge in [-0.1, -0.05) is 19.1 Å². The maximum absolute atomic E-state index is 12.2. The normalized spacial score (nSPS) is 19.1. The van der Waals surface area contributed by atoms with E-state index in [1.165, 1.54) is 0 Å². The summed E-state index contributed by atoms with van der Waals surface area (Å²) in [6, 6.07) is 7.54. The summed E-state index contributed by atoms with van der Waals surface area (Å²) >= 11 is 0. The Balaban J connectivity index is 2.23. The molecule has 1 atom stereocenters. The summed E-state index contributed by atoms with van der Waals surface area (Å²) < 4.78 is 24.4. The van der Waals surface area contributed by atoms with Crippen LogP contribution in [-0.2, 0) is 9.84 Å². The molecule has 1 saturated heterocycles. The van der Waals surface area contributed by atoms with Gasteiger partial charge in [0.05, 0.1) is 16.3 Å². The van der Waals surface area contributed by atoms with Crippen molar-refractivity contribution in [3.8, 4) is 0 Å². The number of nitrogens with zero attached hydrogens (tertiary/aromatic N) is 1. The fraction of sp³-hybridized carbons (Fsp3) is 0.600. The van der Waals surface area contributed by atoms with Gasteiger partial charge in [0.1, 0.15) is 0 Å². The molecule has 1 unspecified atom stereocenters. The first kappa shape index (κ1) is 15.3. The van der Waals surface area contributed by atoms with Gasteiger partial charge in [-0.05, 0) is 37.8 Å². The van der Waals surface area contributed by atoms with Crippen molar-refractivity contribution in [2.45, 2.75) is 37.6 Å². The number of para-hydroxylation sites is 1. The van der Waals surface area contributed by atoms with Crippen LogP contribution in [0.3, 0.4) is 0 Å². The van der Waals surface area contributed by atoms with Crippen molar-refractivity contribution in [3.05, 3.63) is 24.3 Å². The van der Waals surface area contributed by atoms with E-state index in [1.807, 2.05) is 12.1 Å². The second-order valence-electron chi connectivity index (χ2n) is 5.55. The highest BCUT2D eigenvalue weighted by molar-refractivity contribution is 7.91. The average Bonchev–Trinajstić information content (AvgIpc) is 2.47. The van der Waals surface area contributed by atoms with Gasteiger partial charge in [0.25, 0.3) is 0 Å². The SMILES string of the molecule is CCS(=O)(=O)c1ccccc1N1CCC(C(C)N)CC1. The summed E-state index contributed by atoms with van der Waals surface area (Å²) in [4.78, 5) is 2.64. The first-order chi connectivity index (χ1) is 9.45. The summed E-state index contributed by atoms with van der Waals surface area (Å²) in [5, 5.41) is 0. The molecule has 2 N–H and O–H groups in total. The van der Waals surface area contributed by atoms with Gasteiger partial charge >= 0.3 is 0 Å². The number of nitrogens with two attached hydrogens (primary N) is 1. The number of hydrogen-bond acceptors (Lipinski definition) is 4. The maximum atomic E-state index is 12.2. The number of piperidine rings is 1. The molecule has 0 saturated carbocycles. The van der Waals surface area contributed by atoms with E-state index in [2.05, 4.69) is 11.8 Å². The summed E-state index contributed by atoms with van der Waals surface area (Å²) in [5.74, 6) is 0.682. The molecule has 0 spiro atoms. The minimum Gasteiger partial charge on any atom is -0.370 e. The van der Waals surface area contributed by atoms with Gasteiger partial charge in [0, 0.05) is 19.1 Å². The zero-order chi connectivity index (χ0) is 14.8. The molecule has 2 rings (SSSR count). The van der Waals surface area contributed by atoms with Crippen LogP contribution in [0.5, 0.6) is 0 Å². The first-order valence-electron chi connectivity index (χ1n) is 7.28. The van der Waals surface area contributed by atoms with Gasteiger partial charge in [-0.15, -0.1) is 0 Å². The minimum absolute atomic E-state index is 0.139. The molecule has 1 aliphatic rings. The zero-order valence-corrected chi connectivity index (χ0v) is 13.1. The Kier molecular flexibility index (Phi) is 4.70. The van der Waals surface area contributed by atoms with Gasteiger partial charge in [-0.3, -0.25) is 0 Å². The Labute approximate surface area is 121 Å². The van der Waals surface area contributed by atoms with Crippen LogP contribution >= 0.6 is 0 Å². The molecule has 1 aliphatic heterocycles. The average molecular weight is 296 g/mol. The molecule has 1 heterocycles. The highest BCUT2D eigenvalue weighted by Crippen LogP contribution is 2.30. The van der Waals surface area contributed by atoms with Crippen LogP contribution in [0.25, 0.3) is 0 Å². The maximum Gasteiger partial charge on any atom is 0.180 e. The lowest BCUT2D eigenvalue weighted by molar-refractivity contribution is 0.354. The molecular weight excluding hydrogens is 272 g/mol. The van der Waals surface area contributed by atoms with Gasteiger partial charge < -0.3 is 10.6 Å². The lowest BCUT2D eigenvalue weighted by Crippen LogP contribution is -2.40. The largest absolute Gasteiger partial charge is 0.370 e. The van der Waals surface area contributed by atoms with Crippen LogP contribution in [0.4, 0.5) is 5.69 Å². The van der Waals surface area contributed by atoms with Crippen molar-refractivity contribution in [2.75, 3.05) is 23.7 Å². The predicted octanol–water partition coefficient (Wildman–Crippen LogP) is 2.04. The summed E-state index contributed by atoms with van der Waals surface area (Å²) in [5.41, 5.74) is 6.80. The second kappa shape index (κ2) is 6.14. The lowest BCUT2D eigenvalue weighted by Gasteiger charge is -2.36. The van der Waals surface area contributed by atoms with Crippen LogP contribution in [0.2, 0.25) is 0 Å². The Bertz CT molecular complexity index is 547. The van der Waals surface area contributed by atoms with Crippen molar-refractivity contribution in [2.24, 2.45) is 11.7 Å². The highest BCUT2D eigenvalue weighted by atomic mass is 32.2. The van der Waals surface area contributed by atoms with E-state index in [9.17, 15) is 8.42 Å². The highest BCUT2D eigenvalue weighted by Gasteiger charge is 2.25. The van der Waals surface area contributed by atoms with Crippen molar-refractivity contribution in [1.82, 2.24) is 0 Å². The number of hydrogen-bond donors (Lipinski definition) is 1. The fourth-order valence-corrected chi connectivity index (χ4v) is 3.92. The Morgan fingerprint density at radius 3 is 2.45 bits per heavy atom. The molecule has 1 fully saturated rings. The molecule has 0 radical (unpaired) electrons. The quantitative estimate of drug-likeness (QED) is 0.923. The molecule has 4 nitrogen and oxygen atoms in total. The third-order valence-corrected chi connectivity index (χ3v) is 5.98. The van der Waals surface area contributed by atoms with Crippen LogP contribution in [0.1, 0.15) is 26.7 Å². The summed E-state index contributed by atoms with van der Waals surface area (Å²) in [6.45, 7) is 5.50. The first-order valence-corrected chi connectivity index (χ1v) is 8.93. The number of anilines is 1. The van der Waals surface area contributed by atoms with Crippen LogP contribution in [0, 0.1) is 5.92 Å². The van der Waals surface area contributed by atoms with Crippen molar-refractivity contribution < 1.29 is 8.42 Å². The standard InChI is InChI=1S/C15H24N2O2S/c1-3-20(18,19)15-7-5-4-6-14(15)17-10-8-13(9-11-17)12(2)16/h4-7,12-13H,3,8-11,16H2,1-2H3. The van der Waals surface area contributed by atoms with E-state index >= 15 is 0 Å². The molecule has 1 aromatic rings. The molecule has 5 heteroatoms. The Morgan fingerprint density at radius 2 is 1.90 bits per heavy atom. The molecular formula is C15H24N2O2S. The molecule has 20 heavy (non-hydrogen) atoms. The molecule has 0 amide bonds. The second-order valence-corrected chi connectivity index (χ2v) is 7.80. The monoisotopic (exact) mass is 296 g/mol. The number of benzene rings is 1. The molecule has 0 aliphatic carbocycles. The summed E-state index contributed by atoms with van der Waals surface area (Å²) in [7, 11) is -3.17. The Morgan fingerprint density at radius 1 is 1.30 bits per heavy atom. The van der Waals surface area contributed by atoms with Crippen molar-refractivity contribution >= 4 is 15.5 Å². The fourth-order valence-electron chi connectivity index (χ4n) is 2.80. The third kappa shape index (κ3) is 3.15. The molecule has 0 bridgehead atoms. The summed E-state index contributed by atoms with van der Waals surface area (Å²) in [6.07, 6.45) is 2.05. The molecule has 0 aromatic heterocycles. The van der Waals surface area contributed by atoms with Crippen LogP contribution in [-0.4, -0.2) is 33.3 Å². The van der Waals surface area contributed by atoms with E-state index in [0.29, 0.717) is 10.8 Å². The third-order valence-electron chi connectivity index (χ3n) is 4.20. The Hall–Kier alpha value is -1.07. The van der Waals surface area contributed by atoms with Crippen LogP contribution in [0.15, 0.2) is 29.2 Å². The van der Waals surface area contributed by atoms with Crippen molar-refractivity contribution in [3.63, 3.8) is 0 Å². The van der Waals surface area contributed by atoms with E-state index in [0.717, 1.165) is 31.6 Å². The van der Waals surface area contributed by atoms with Gasteiger partial charge in [-0.25, -0.2) is 8.42 Å². The predicted molar refractivity (Wildman–Crippen MR) is 82.8 cm³/mol. The molecule has 1 aromatic carbocycles. The van der Waals surface area contributed by atoms with E-state index in [1.54, 1.807) is 19.1 Å². The van der Waals surface area contributed by atoms with E-state index < -0.39 is 9.84 Å². The van der Waals surface area contributed by atoms with Crippen LogP contribution < -0.4 is 10.6 Å². The van der Waals surface area contributed by atoms with E-state index in [-0.39, 0.29) is 11.8 Å². The number of sulfone groups is 1. The minimum atomic E-state index is -3.17. The zero-order valence-electron chi connectivity index (χ0n) is 12.2. The topological polar surface area (TPSA) is 63.4 Å². The smallest absolute Gasteiger partial charge is 0.180 e.